The molecule has 0 bridgehead atoms. The highest BCUT2D eigenvalue weighted by Crippen LogP contribution is 2.34. The van der Waals surface area contributed by atoms with Crippen LogP contribution >= 0.6 is 0 Å². The first kappa shape index (κ1) is 14.8. The highest BCUT2D eigenvalue weighted by atomic mass is 15.1. The second kappa shape index (κ2) is 5.38. The van der Waals surface area contributed by atoms with Crippen molar-refractivity contribution in [3.63, 3.8) is 0 Å². The van der Waals surface area contributed by atoms with Crippen molar-refractivity contribution >= 4 is 22.2 Å². The van der Waals surface area contributed by atoms with Gasteiger partial charge in [-0.15, -0.1) is 0 Å². The third-order valence-electron chi connectivity index (χ3n) is 4.67. The molecule has 0 amide bonds. The van der Waals surface area contributed by atoms with Crippen LogP contribution in [0.5, 0.6) is 0 Å². The molecule has 3 heteroatoms. The van der Waals surface area contributed by atoms with Crippen molar-refractivity contribution in [2.24, 2.45) is 0 Å². The fraction of sp³-hybridized carbons (Fsp3) is 0.190. The first-order chi connectivity index (χ1) is 11.6. The maximum Gasteiger partial charge on any atom is 0.147 e. The molecule has 2 aromatic heterocycles. The summed E-state index contributed by atoms with van der Waals surface area (Å²) < 4.78 is 2.12. The average Bonchev–Trinajstić information content (AvgIpc) is 2.92. The number of nitrogen functional groups attached to an aromatic ring is 1. The maximum atomic E-state index is 6.57. The van der Waals surface area contributed by atoms with E-state index in [4.69, 9.17) is 10.7 Å². The third kappa shape index (κ3) is 2.08. The molecule has 24 heavy (non-hydrogen) atoms. The molecule has 0 aliphatic rings. The van der Waals surface area contributed by atoms with E-state index in [1.807, 2.05) is 12.1 Å². The van der Waals surface area contributed by atoms with Crippen LogP contribution in [0.1, 0.15) is 31.0 Å². The third-order valence-corrected chi connectivity index (χ3v) is 4.67. The van der Waals surface area contributed by atoms with Crippen molar-refractivity contribution in [3.05, 3.63) is 65.9 Å². The lowest BCUT2D eigenvalue weighted by Crippen LogP contribution is -2.03. The minimum atomic E-state index is 0.360. The van der Waals surface area contributed by atoms with Gasteiger partial charge < -0.3 is 5.73 Å². The highest BCUT2D eigenvalue weighted by Gasteiger charge is 2.18. The Kier molecular flexibility index (Phi) is 3.31. The second-order valence-corrected chi connectivity index (χ2v) is 6.63. The number of benzene rings is 2. The minimum absolute atomic E-state index is 0.360. The summed E-state index contributed by atoms with van der Waals surface area (Å²) in [5, 5.41) is 2.34. The van der Waals surface area contributed by atoms with Crippen LogP contribution < -0.4 is 5.73 Å². The van der Waals surface area contributed by atoms with Gasteiger partial charge in [-0.05, 0) is 29.9 Å². The molecule has 0 saturated carbocycles. The van der Waals surface area contributed by atoms with Crippen LogP contribution in [0.3, 0.4) is 0 Å². The molecule has 2 aromatic carbocycles. The number of imidazole rings is 1. The van der Waals surface area contributed by atoms with Gasteiger partial charge in [0.1, 0.15) is 17.2 Å². The van der Waals surface area contributed by atoms with Crippen LogP contribution in [0, 0.1) is 6.92 Å². The molecule has 2 N–H and O–H groups in total. The Labute approximate surface area is 141 Å². The van der Waals surface area contributed by atoms with E-state index in [2.05, 4.69) is 67.6 Å². The van der Waals surface area contributed by atoms with Gasteiger partial charge in [0.2, 0.25) is 0 Å². The topological polar surface area (TPSA) is 43.3 Å². The van der Waals surface area contributed by atoms with Gasteiger partial charge >= 0.3 is 0 Å². The summed E-state index contributed by atoms with van der Waals surface area (Å²) in [5.74, 6) is 1.08. The van der Waals surface area contributed by atoms with E-state index in [9.17, 15) is 0 Å². The van der Waals surface area contributed by atoms with Gasteiger partial charge in [-0.1, -0.05) is 62.4 Å². The summed E-state index contributed by atoms with van der Waals surface area (Å²) in [6.07, 6.45) is 0. The summed E-state index contributed by atoms with van der Waals surface area (Å²) in [4.78, 5) is 4.95. The molecular formula is C21H21N3. The maximum absolute atomic E-state index is 6.57. The first-order valence-electron chi connectivity index (χ1n) is 8.33. The number of aromatic nitrogens is 2. The largest absolute Gasteiger partial charge is 0.383 e. The van der Waals surface area contributed by atoms with E-state index in [1.165, 1.54) is 16.6 Å². The molecule has 0 spiro atoms. The number of fused-ring (bicyclic) bond motifs is 3. The fourth-order valence-corrected chi connectivity index (χ4v) is 3.39. The Hall–Kier alpha value is -2.81. The molecule has 0 aliphatic carbocycles. The summed E-state index contributed by atoms with van der Waals surface area (Å²) in [6, 6.07) is 18.9. The van der Waals surface area contributed by atoms with Crippen LogP contribution in [-0.4, -0.2) is 9.38 Å². The van der Waals surface area contributed by atoms with Crippen molar-refractivity contribution in [1.29, 1.82) is 0 Å². The Bertz CT molecular complexity index is 1060. The number of hydrogen-bond donors (Lipinski definition) is 1. The predicted octanol–water partition coefficient (Wildman–Crippen LogP) is 5.17. The summed E-state index contributed by atoms with van der Waals surface area (Å²) >= 11 is 0. The predicted molar refractivity (Wildman–Crippen MR) is 101 cm³/mol. The van der Waals surface area contributed by atoms with Gasteiger partial charge in [-0.25, -0.2) is 4.98 Å². The lowest BCUT2D eigenvalue weighted by Gasteiger charge is -2.13. The smallest absolute Gasteiger partial charge is 0.147 e. The van der Waals surface area contributed by atoms with E-state index in [1.54, 1.807) is 0 Å². The van der Waals surface area contributed by atoms with Crippen molar-refractivity contribution in [2.45, 2.75) is 26.7 Å². The molecule has 4 rings (SSSR count). The number of nitrogens with zero attached hydrogens (tertiary/aromatic N) is 2. The van der Waals surface area contributed by atoms with E-state index >= 15 is 0 Å². The molecule has 0 radical (unpaired) electrons. The number of pyridine rings is 1. The zero-order valence-electron chi connectivity index (χ0n) is 14.2. The van der Waals surface area contributed by atoms with Gasteiger partial charge in [-0.2, -0.15) is 0 Å². The summed E-state index contributed by atoms with van der Waals surface area (Å²) in [6.45, 7) is 6.48. The first-order valence-corrected chi connectivity index (χ1v) is 8.33. The molecule has 0 saturated heterocycles. The van der Waals surface area contributed by atoms with Crippen molar-refractivity contribution < 1.29 is 0 Å². The number of hydrogen-bond acceptors (Lipinski definition) is 2. The molecule has 4 aromatic rings. The van der Waals surface area contributed by atoms with Crippen LogP contribution in [0.2, 0.25) is 0 Å². The van der Waals surface area contributed by atoms with Gasteiger partial charge in [0.15, 0.2) is 0 Å². The standard InChI is InChI=1S/C21H21N3/c1-13(2)18-12-15-9-5-7-11-17(15)21-23-19(20(22)24(18)21)16-10-6-4-8-14(16)3/h4-13H,22H2,1-3H3. The van der Waals surface area contributed by atoms with E-state index in [0.29, 0.717) is 11.7 Å². The quantitative estimate of drug-likeness (QED) is 0.554. The van der Waals surface area contributed by atoms with Crippen LogP contribution in [0.15, 0.2) is 54.6 Å². The lowest BCUT2D eigenvalue weighted by atomic mass is 10.0. The minimum Gasteiger partial charge on any atom is -0.383 e. The Morgan fingerprint density at radius 3 is 2.46 bits per heavy atom. The van der Waals surface area contributed by atoms with Crippen molar-refractivity contribution in [2.75, 3.05) is 5.73 Å². The van der Waals surface area contributed by atoms with Gasteiger partial charge in [0.25, 0.3) is 0 Å². The molecule has 0 unspecified atom stereocenters. The summed E-state index contributed by atoms with van der Waals surface area (Å²) in [7, 11) is 0. The highest BCUT2D eigenvalue weighted by molar-refractivity contribution is 5.97. The zero-order chi connectivity index (χ0) is 16.8. The zero-order valence-corrected chi connectivity index (χ0v) is 14.2. The van der Waals surface area contributed by atoms with E-state index in [0.717, 1.165) is 22.3 Å². The molecule has 2 heterocycles. The molecule has 0 fully saturated rings. The molecule has 120 valence electrons. The van der Waals surface area contributed by atoms with E-state index < -0.39 is 0 Å². The Balaban J connectivity index is 2.16. The lowest BCUT2D eigenvalue weighted by molar-refractivity contribution is 0.808. The summed E-state index contributed by atoms with van der Waals surface area (Å²) in [5.41, 5.74) is 11.8. The number of anilines is 1. The monoisotopic (exact) mass is 315 g/mol. The number of nitrogens with two attached hydrogens (primary N) is 1. The van der Waals surface area contributed by atoms with Crippen molar-refractivity contribution in [3.8, 4) is 11.3 Å². The second-order valence-electron chi connectivity index (χ2n) is 6.63. The SMILES string of the molecule is Cc1ccccc1-c1nc2c3ccccc3cc(C(C)C)n2c1N. The molecular weight excluding hydrogens is 294 g/mol. The van der Waals surface area contributed by atoms with Gasteiger partial charge in [-0.3, -0.25) is 4.40 Å². The van der Waals surface area contributed by atoms with Crippen LogP contribution in [-0.2, 0) is 0 Å². The van der Waals surface area contributed by atoms with Gasteiger partial charge in [0.05, 0.1) is 0 Å². The number of aryl methyl sites for hydroxylation is 1. The molecule has 0 atom stereocenters. The Morgan fingerprint density at radius 2 is 1.71 bits per heavy atom. The Morgan fingerprint density at radius 1 is 1.00 bits per heavy atom. The van der Waals surface area contributed by atoms with Gasteiger partial charge in [0, 0.05) is 16.6 Å². The van der Waals surface area contributed by atoms with E-state index in [-0.39, 0.29) is 0 Å². The normalized spacial score (nSPS) is 11.7. The van der Waals surface area contributed by atoms with Crippen LogP contribution in [0.25, 0.3) is 27.7 Å². The van der Waals surface area contributed by atoms with Crippen molar-refractivity contribution in [1.82, 2.24) is 9.38 Å². The average molecular weight is 315 g/mol. The molecule has 3 nitrogen and oxygen atoms in total. The molecule has 0 aliphatic heterocycles. The number of rotatable bonds is 2. The fourth-order valence-electron chi connectivity index (χ4n) is 3.39. The van der Waals surface area contributed by atoms with Crippen LogP contribution in [0.4, 0.5) is 5.82 Å².